The Hall–Kier alpha value is 0.230. The van der Waals surface area contributed by atoms with Gasteiger partial charge < -0.3 is 30.5 Å². The first-order valence-corrected chi connectivity index (χ1v) is 6.60. The zero-order valence-corrected chi connectivity index (χ0v) is 11.7. The average molecular weight is 379 g/mol. The van der Waals surface area contributed by atoms with Crippen LogP contribution in [0.3, 0.4) is 0 Å². The maximum absolute atomic E-state index is 11.3. The predicted molar refractivity (Wildman–Crippen MR) is 63.6 cm³/mol. The van der Waals surface area contributed by atoms with Crippen molar-refractivity contribution < 1.29 is 30.0 Å². The van der Waals surface area contributed by atoms with Crippen LogP contribution < -0.4 is 5.32 Å². The highest BCUT2D eigenvalue weighted by Crippen LogP contribution is 2.20. The molecule has 17 heavy (non-hydrogen) atoms. The van der Waals surface area contributed by atoms with E-state index in [2.05, 4.69) is 37.2 Å². The minimum Gasteiger partial charge on any atom is -0.394 e. The summed E-state index contributed by atoms with van der Waals surface area (Å²) in [6, 6.07) is -1.17. The van der Waals surface area contributed by atoms with E-state index in [0.29, 0.717) is 0 Å². The van der Waals surface area contributed by atoms with Gasteiger partial charge in [-0.3, -0.25) is 4.79 Å². The van der Waals surface area contributed by atoms with Crippen molar-refractivity contribution in [2.45, 2.75) is 34.4 Å². The maximum atomic E-state index is 11.3. The van der Waals surface area contributed by atoms with E-state index in [1.54, 1.807) is 0 Å². The lowest BCUT2D eigenvalue weighted by Crippen LogP contribution is -2.64. The number of ether oxygens (including phenoxy) is 1. The minimum absolute atomic E-state index is 0.536. The third kappa shape index (κ3) is 3.60. The van der Waals surface area contributed by atoms with Gasteiger partial charge in [-0.25, -0.2) is 0 Å². The van der Waals surface area contributed by atoms with E-state index in [4.69, 9.17) is 9.84 Å². The zero-order chi connectivity index (χ0) is 13.2. The van der Waals surface area contributed by atoms with Crippen LogP contribution in [0.4, 0.5) is 0 Å². The van der Waals surface area contributed by atoms with Gasteiger partial charge in [-0.1, -0.05) is 31.9 Å². The molecular weight excluding hydrogens is 366 g/mol. The number of nitrogens with one attached hydrogen (secondary N) is 1. The van der Waals surface area contributed by atoms with Crippen LogP contribution in [0.15, 0.2) is 0 Å². The summed E-state index contributed by atoms with van der Waals surface area (Å²) in [4.78, 5) is 11.3. The standard InChI is InChI=1S/C8H13Br2NO6/c9-6(10)7(15)11-3-5(14)4(13)2(1-12)17-8(3)16/h2-6,8,12-14,16H,1H2,(H,11,15)/t2-,3-,4-,5-,8?/m1/s1. The topological polar surface area (TPSA) is 119 Å². The molecule has 1 saturated heterocycles. The highest BCUT2D eigenvalue weighted by Gasteiger charge is 2.44. The van der Waals surface area contributed by atoms with E-state index >= 15 is 0 Å². The summed E-state index contributed by atoms with van der Waals surface area (Å²) >= 11 is 5.89. The Morgan fingerprint density at radius 1 is 1.29 bits per heavy atom. The Morgan fingerprint density at radius 2 is 1.88 bits per heavy atom. The molecule has 0 aliphatic carbocycles. The third-order valence-electron chi connectivity index (χ3n) is 2.41. The molecule has 0 bridgehead atoms. The second-order valence-corrected chi connectivity index (χ2v) is 6.62. The first kappa shape index (κ1) is 15.3. The van der Waals surface area contributed by atoms with Gasteiger partial charge in [-0.2, -0.15) is 0 Å². The van der Waals surface area contributed by atoms with Crippen LogP contribution >= 0.6 is 31.9 Å². The number of rotatable bonds is 3. The van der Waals surface area contributed by atoms with Crippen LogP contribution in [-0.4, -0.2) is 67.3 Å². The smallest absolute Gasteiger partial charge is 0.245 e. The molecular formula is C8H13Br2NO6. The quantitative estimate of drug-likeness (QED) is 0.363. The highest BCUT2D eigenvalue weighted by molar-refractivity contribution is 9.25. The molecule has 5 atom stereocenters. The molecule has 7 nitrogen and oxygen atoms in total. The van der Waals surface area contributed by atoms with Crippen molar-refractivity contribution in [2.24, 2.45) is 0 Å². The van der Waals surface area contributed by atoms with E-state index in [0.717, 1.165) is 0 Å². The molecule has 1 heterocycles. The number of aliphatic hydroxyl groups is 4. The summed E-state index contributed by atoms with van der Waals surface area (Å²) in [6.07, 6.45) is -5.42. The van der Waals surface area contributed by atoms with Crippen LogP contribution in [0.5, 0.6) is 0 Å². The fourth-order valence-electron chi connectivity index (χ4n) is 1.48. The number of carbonyl (C=O) groups is 1. The van der Waals surface area contributed by atoms with Crippen LogP contribution in [0, 0.1) is 0 Å². The van der Waals surface area contributed by atoms with E-state index in [9.17, 15) is 20.1 Å². The van der Waals surface area contributed by atoms with Crippen LogP contribution in [0.25, 0.3) is 0 Å². The Kier molecular flexibility index (Phi) is 5.77. The molecule has 5 N–H and O–H groups in total. The Labute approximate surface area is 114 Å². The normalized spacial score (nSPS) is 38.2. The van der Waals surface area contributed by atoms with Crippen molar-refractivity contribution in [3.05, 3.63) is 0 Å². The van der Waals surface area contributed by atoms with Gasteiger partial charge in [0.05, 0.1) is 6.61 Å². The summed E-state index contributed by atoms with van der Waals surface area (Å²) in [5.74, 6) is -0.536. The lowest BCUT2D eigenvalue weighted by molar-refractivity contribution is -0.253. The lowest BCUT2D eigenvalue weighted by atomic mass is 9.97. The number of carbonyl (C=O) groups excluding carboxylic acids is 1. The first-order chi connectivity index (χ1) is 7.88. The summed E-state index contributed by atoms with van der Waals surface area (Å²) in [7, 11) is 0. The SMILES string of the molecule is O=C(N[C@H]1C(O)O[C@H](CO)[C@@H](O)[C@@H]1O)C(Br)Br. The number of hydrogen-bond acceptors (Lipinski definition) is 6. The van der Waals surface area contributed by atoms with Gasteiger partial charge in [-0.05, 0) is 0 Å². The Morgan fingerprint density at radius 3 is 2.35 bits per heavy atom. The molecule has 0 spiro atoms. The predicted octanol–water partition coefficient (Wildman–Crippen LogP) is -1.98. The molecule has 1 aliphatic heterocycles. The number of aliphatic hydroxyl groups excluding tert-OH is 4. The van der Waals surface area contributed by atoms with Gasteiger partial charge in [-0.15, -0.1) is 0 Å². The molecule has 100 valence electrons. The van der Waals surface area contributed by atoms with Crippen molar-refractivity contribution >= 4 is 37.8 Å². The molecule has 9 heteroatoms. The van der Waals surface area contributed by atoms with E-state index in [-0.39, 0.29) is 0 Å². The molecule has 1 aliphatic rings. The monoisotopic (exact) mass is 377 g/mol. The molecule has 0 aromatic heterocycles. The summed E-state index contributed by atoms with van der Waals surface area (Å²) < 4.78 is 4.17. The van der Waals surface area contributed by atoms with Gasteiger partial charge in [0.25, 0.3) is 0 Å². The van der Waals surface area contributed by atoms with Crippen LogP contribution in [-0.2, 0) is 9.53 Å². The van der Waals surface area contributed by atoms with Crippen molar-refractivity contribution in [1.82, 2.24) is 5.32 Å². The molecule has 1 rings (SSSR count). The molecule has 1 unspecified atom stereocenters. The Balaban J connectivity index is 2.69. The third-order valence-corrected chi connectivity index (χ3v) is 3.24. The summed E-state index contributed by atoms with van der Waals surface area (Å²) in [5, 5.41) is 39.9. The molecule has 0 radical (unpaired) electrons. The highest BCUT2D eigenvalue weighted by atomic mass is 79.9. The van der Waals surface area contributed by atoms with E-state index in [1.807, 2.05) is 0 Å². The number of halogens is 2. The molecule has 1 amide bonds. The van der Waals surface area contributed by atoms with Gasteiger partial charge in [0.15, 0.2) is 6.29 Å². The van der Waals surface area contributed by atoms with E-state index in [1.165, 1.54) is 0 Å². The van der Waals surface area contributed by atoms with Gasteiger partial charge >= 0.3 is 0 Å². The second kappa shape index (κ2) is 6.41. The van der Waals surface area contributed by atoms with E-state index < -0.39 is 46.9 Å². The van der Waals surface area contributed by atoms with Crippen molar-refractivity contribution in [3.8, 4) is 0 Å². The largest absolute Gasteiger partial charge is 0.394 e. The minimum atomic E-state index is -1.51. The fourth-order valence-corrected chi connectivity index (χ4v) is 1.74. The Bertz CT molecular complexity index is 279. The van der Waals surface area contributed by atoms with Gasteiger partial charge in [0.2, 0.25) is 5.91 Å². The van der Waals surface area contributed by atoms with Crippen LogP contribution in [0.2, 0.25) is 0 Å². The van der Waals surface area contributed by atoms with Crippen molar-refractivity contribution in [2.75, 3.05) is 6.61 Å². The second-order valence-electron chi connectivity index (χ2n) is 3.56. The molecule has 0 aromatic rings. The molecule has 0 saturated carbocycles. The fraction of sp³-hybridized carbons (Fsp3) is 0.875. The van der Waals surface area contributed by atoms with Crippen molar-refractivity contribution in [3.63, 3.8) is 0 Å². The first-order valence-electron chi connectivity index (χ1n) is 4.77. The maximum Gasteiger partial charge on any atom is 0.245 e. The van der Waals surface area contributed by atoms with Crippen LogP contribution in [0.1, 0.15) is 0 Å². The molecule has 0 aromatic carbocycles. The molecule has 1 fully saturated rings. The zero-order valence-electron chi connectivity index (χ0n) is 8.53. The van der Waals surface area contributed by atoms with Gasteiger partial charge in [0.1, 0.15) is 28.1 Å². The summed E-state index contributed by atoms with van der Waals surface area (Å²) in [5.41, 5.74) is 0. The summed E-state index contributed by atoms with van der Waals surface area (Å²) in [6.45, 7) is -0.546. The average Bonchev–Trinajstić information content (AvgIpc) is 2.28. The number of amides is 1. The number of hydrogen-bond donors (Lipinski definition) is 5. The van der Waals surface area contributed by atoms with Crippen molar-refractivity contribution in [1.29, 1.82) is 0 Å². The number of alkyl halides is 2. The lowest BCUT2D eigenvalue weighted by Gasteiger charge is -2.40. The van der Waals surface area contributed by atoms with Gasteiger partial charge in [0, 0.05) is 0 Å².